The third kappa shape index (κ3) is 3.39. The Hall–Kier alpha value is -2.08. The fourth-order valence-corrected chi connectivity index (χ4v) is 2.47. The highest BCUT2D eigenvalue weighted by atomic mass is 16.5. The van der Waals surface area contributed by atoms with Crippen molar-refractivity contribution in [2.45, 2.75) is 24.7 Å². The smallest absolute Gasteiger partial charge is 0.107 e. The number of rotatable bonds is 4. The molecule has 2 N–H and O–H groups in total. The molecule has 0 bridgehead atoms. The lowest BCUT2D eigenvalue weighted by atomic mass is 10.0. The molecule has 0 saturated carbocycles. The minimum absolute atomic E-state index is 0.166. The van der Waals surface area contributed by atoms with E-state index in [0.29, 0.717) is 6.42 Å². The van der Waals surface area contributed by atoms with Crippen molar-refractivity contribution < 1.29 is 14.9 Å². The van der Waals surface area contributed by atoms with Crippen LogP contribution >= 0.6 is 0 Å². The molecule has 1 aliphatic rings. The zero-order chi connectivity index (χ0) is 15.4. The van der Waals surface area contributed by atoms with E-state index in [0.717, 1.165) is 16.9 Å². The van der Waals surface area contributed by atoms with E-state index in [-0.39, 0.29) is 12.7 Å². The Balaban J connectivity index is 1.67. The number of hydrogen-bond donors (Lipinski definition) is 2. The number of aliphatic hydroxyl groups excluding tert-OH is 2. The van der Waals surface area contributed by atoms with Crippen molar-refractivity contribution in [3.8, 4) is 0 Å². The summed E-state index contributed by atoms with van der Waals surface area (Å²) >= 11 is 0. The Bertz CT molecular complexity index is 628. The molecule has 0 amide bonds. The topological polar surface area (TPSA) is 74.4 Å². The van der Waals surface area contributed by atoms with E-state index in [2.05, 4.69) is 10.2 Å². The first kappa shape index (κ1) is 14.8. The van der Waals surface area contributed by atoms with Gasteiger partial charge >= 0.3 is 0 Å². The maximum absolute atomic E-state index is 9.77. The lowest BCUT2D eigenvalue weighted by Gasteiger charge is -2.12. The zero-order valence-electron chi connectivity index (χ0n) is 12.0. The first-order valence-corrected chi connectivity index (χ1v) is 7.27. The molecule has 0 spiro atoms. The van der Waals surface area contributed by atoms with E-state index >= 15 is 0 Å². The van der Waals surface area contributed by atoms with E-state index < -0.39 is 12.2 Å². The van der Waals surface area contributed by atoms with Gasteiger partial charge in [0.05, 0.1) is 30.2 Å². The lowest BCUT2D eigenvalue weighted by Crippen LogP contribution is -2.24. The highest BCUT2D eigenvalue weighted by Crippen LogP contribution is 2.33. The molecular weight excluding hydrogens is 280 g/mol. The second-order valence-corrected chi connectivity index (χ2v) is 5.28. The first-order chi connectivity index (χ1) is 10.8. The molecule has 0 aliphatic carbocycles. The van der Waals surface area contributed by atoms with Crippen LogP contribution in [-0.4, -0.2) is 29.0 Å². The summed E-state index contributed by atoms with van der Waals surface area (Å²) in [6.07, 6.45) is -0.807. The van der Waals surface area contributed by atoms with Crippen LogP contribution in [0.25, 0.3) is 0 Å². The minimum Gasteiger partial charge on any atom is -0.394 e. The Kier molecular flexibility index (Phi) is 4.58. The monoisotopic (exact) mass is 298 g/mol. The Morgan fingerprint density at radius 1 is 0.955 bits per heavy atom. The van der Waals surface area contributed by atoms with Crippen molar-refractivity contribution in [2.75, 3.05) is 6.61 Å². The predicted molar refractivity (Wildman–Crippen MR) is 82.4 cm³/mol. The molecule has 22 heavy (non-hydrogen) atoms. The molecular formula is C17H18N2O3. The van der Waals surface area contributed by atoms with Crippen LogP contribution < -0.4 is 0 Å². The average Bonchev–Trinajstić information content (AvgIpc) is 2.95. The summed E-state index contributed by atoms with van der Waals surface area (Å²) in [6, 6.07) is 17.1. The predicted octanol–water partition coefficient (Wildman–Crippen LogP) is 3.29. The highest BCUT2D eigenvalue weighted by molar-refractivity contribution is 5.41. The van der Waals surface area contributed by atoms with Gasteiger partial charge in [0.25, 0.3) is 0 Å². The van der Waals surface area contributed by atoms with E-state index in [4.69, 9.17) is 9.84 Å². The van der Waals surface area contributed by atoms with Gasteiger partial charge in [-0.3, -0.25) is 0 Å². The molecule has 0 radical (unpaired) electrons. The van der Waals surface area contributed by atoms with Crippen molar-refractivity contribution in [1.82, 2.24) is 0 Å². The molecule has 3 atom stereocenters. The second-order valence-electron chi connectivity index (χ2n) is 5.28. The number of hydrogen-bond acceptors (Lipinski definition) is 5. The SMILES string of the molecule is OC[C@H]1OC(c2ccc(N=Nc3ccccc3)cc2)CC1O. The van der Waals surface area contributed by atoms with Gasteiger partial charge in [-0.05, 0) is 29.8 Å². The van der Waals surface area contributed by atoms with Gasteiger partial charge in [-0.25, -0.2) is 0 Å². The first-order valence-electron chi connectivity index (χ1n) is 7.27. The zero-order valence-corrected chi connectivity index (χ0v) is 12.0. The molecule has 2 aromatic carbocycles. The standard InChI is InChI=1S/C17H18N2O3/c20-11-17-15(21)10-16(22-17)12-6-8-14(9-7-12)19-18-13-4-2-1-3-5-13/h1-9,15-17,20-21H,10-11H2/t15?,16?,17-/m1/s1. The van der Waals surface area contributed by atoms with E-state index in [9.17, 15) is 5.11 Å². The summed E-state index contributed by atoms with van der Waals surface area (Å²) in [5.74, 6) is 0. The average molecular weight is 298 g/mol. The van der Waals surface area contributed by atoms with E-state index in [1.807, 2.05) is 54.6 Å². The van der Waals surface area contributed by atoms with Gasteiger partial charge in [0.2, 0.25) is 0 Å². The molecule has 5 nitrogen and oxygen atoms in total. The molecule has 2 unspecified atom stereocenters. The molecule has 3 rings (SSSR count). The number of ether oxygens (including phenoxy) is 1. The maximum Gasteiger partial charge on any atom is 0.107 e. The van der Waals surface area contributed by atoms with Crippen LogP contribution in [0.5, 0.6) is 0 Å². The molecule has 5 heteroatoms. The van der Waals surface area contributed by atoms with Crippen LogP contribution in [-0.2, 0) is 4.74 Å². The van der Waals surface area contributed by atoms with Crippen LogP contribution in [0.1, 0.15) is 18.1 Å². The van der Waals surface area contributed by atoms with Crippen molar-refractivity contribution in [3.63, 3.8) is 0 Å². The van der Waals surface area contributed by atoms with Gasteiger partial charge in [0.1, 0.15) is 6.10 Å². The molecule has 1 aliphatic heterocycles. The van der Waals surface area contributed by atoms with Gasteiger partial charge in [-0.15, -0.1) is 0 Å². The van der Waals surface area contributed by atoms with Crippen molar-refractivity contribution in [1.29, 1.82) is 0 Å². The van der Waals surface area contributed by atoms with Crippen LogP contribution in [0.15, 0.2) is 64.8 Å². The lowest BCUT2D eigenvalue weighted by molar-refractivity contribution is -0.0225. The van der Waals surface area contributed by atoms with Crippen molar-refractivity contribution in [3.05, 3.63) is 60.2 Å². The van der Waals surface area contributed by atoms with Crippen molar-refractivity contribution in [2.24, 2.45) is 10.2 Å². The second kappa shape index (κ2) is 6.79. The van der Waals surface area contributed by atoms with Crippen LogP contribution in [0.4, 0.5) is 11.4 Å². The van der Waals surface area contributed by atoms with Crippen LogP contribution in [0, 0.1) is 0 Å². The largest absolute Gasteiger partial charge is 0.394 e. The molecule has 1 saturated heterocycles. The maximum atomic E-state index is 9.77. The molecule has 114 valence electrons. The number of azo groups is 1. The van der Waals surface area contributed by atoms with Gasteiger partial charge in [-0.1, -0.05) is 30.3 Å². The highest BCUT2D eigenvalue weighted by Gasteiger charge is 2.34. The van der Waals surface area contributed by atoms with Gasteiger partial charge in [0.15, 0.2) is 0 Å². The molecule has 0 aromatic heterocycles. The fourth-order valence-electron chi connectivity index (χ4n) is 2.47. The third-order valence-electron chi connectivity index (χ3n) is 3.71. The van der Waals surface area contributed by atoms with E-state index in [1.165, 1.54) is 0 Å². The van der Waals surface area contributed by atoms with E-state index in [1.54, 1.807) is 0 Å². The fraction of sp³-hybridized carbons (Fsp3) is 0.294. The summed E-state index contributed by atoms with van der Waals surface area (Å²) < 4.78 is 5.62. The summed E-state index contributed by atoms with van der Waals surface area (Å²) in [5.41, 5.74) is 2.53. The van der Waals surface area contributed by atoms with Crippen LogP contribution in [0.2, 0.25) is 0 Å². The quantitative estimate of drug-likeness (QED) is 0.851. The normalized spacial score (nSPS) is 24.9. The Morgan fingerprint density at radius 3 is 2.18 bits per heavy atom. The van der Waals surface area contributed by atoms with Crippen molar-refractivity contribution >= 4 is 11.4 Å². The summed E-state index contributed by atoms with van der Waals surface area (Å²) in [4.78, 5) is 0. The molecule has 1 heterocycles. The van der Waals surface area contributed by atoms with Gasteiger partial charge in [-0.2, -0.15) is 10.2 Å². The van der Waals surface area contributed by atoms with Gasteiger partial charge in [0, 0.05) is 6.42 Å². The summed E-state index contributed by atoms with van der Waals surface area (Å²) in [7, 11) is 0. The number of nitrogens with zero attached hydrogens (tertiary/aromatic N) is 2. The minimum atomic E-state index is -0.618. The number of benzene rings is 2. The molecule has 1 fully saturated rings. The Labute approximate surface area is 128 Å². The third-order valence-corrected chi connectivity index (χ3v) is 3.71. The molecule has 2 aromatic rings. The van der Waals surface area contributed by atoms with Crippen LogP contribution in [0.3, 0.4) is 0 Å². The Morgan fingerprint density at radius 2 is 1.59 bits per heavy atom. The number of aliphatic hydroxyl groups is 2. The van der Waals surface area contributed by atoms with Gasteiger partial charge < -0.3 is 14.9 Å². The summed E-state index contributed by atoms with van der Waals surface area (Å²) in [5, 5.41) is 27.2. The summed E-state index contributed by atoms with van der Waals surface area (Å²) in [6.45, 7) is -0.166.